The summed E-state index contributed by atoms with van der Waals surface area (Å²) in [5.41, 5.74) is 8.55. The number of hydrogen-bond donors (Lipinski definition) is 2. The first-order valence-corrected chi connectivity index (χ1v) is 10.9. The average Bonchev–Trinajstić information content (AvgIpc) is 3.12. The highest BCUT2D eigenvalue weighted by atomic mass is 16.2. The van der Waals surface area contributed by atoms with Crippen molar-refractivity contribution in [1.29, 1.82) is 0 Å². The normalized spacial score (nSPS) is 15.0. The van der Waals surface area contributed by atoms with E-state index in [1.54, 1.807) is 12.1 Å². The summed E-state index contributed by atoms with van der Waals surface area (Å²) in [6.45, 7) is 6.32. The molecule has 6 nitrogen and oxygen atoms in total. The van der Waals surface area contributed by atoms with Crippen LogP contribution in [0.15, 0.2) is 54.6 Å². The Bertz CT molecular complexity index is 1090. The first-order chi connectivity index (χ1) is 14.9. The molecular formula is C25H30N4O2. The Labute approximate surface area is 183 Å². The number of amides is 2. The summed E-state index contributed by atoms with van der Waals surface area (Å²) in [4.78, 5) is 27.0. The lowest BCUT2D eigenvalue weighted by molar-refractivity contribution is 0.0693. The Balaban J connectivity index is 1.62. The van der Waals surface area contributed by atoms with Crippen LogP contribution in [0.1, 0.15) is 53.1 Å². The van der Waals surface area contributed by atoms with Gasteiger partial charge in [0.25, 0.3) is 5.91 Å². The molecule has 3 aromatic rings. The number of fused-ring (bicyclic) bond motifs is 1. The highest BCUT2D eigenvalue weighted by molar-refractivity contribution is 5.99. The predicted molar refractivity (Wildman–Crippen MR) is 123 cm³/mol. The molecular weight excluding hydrogens is 388 g/mol. The fraction of sp³-hybridized carbons (Fsp3) is 0.360. The first-order valence-electron chi connectivity index (χ1n) is 10.9. The number of carbonyl (C=O) groups excluding carboxylic acids is 2. The molecule has 1 aliphatic heterocycles. The number of nitrogens with zero attached hydrogens (tertiary/aromatic N) is 2. The zero-order valence-corrected chi connectivity index (χ0v) is 18.2. The molecule has 1 saturated heterocycles. The van der Waals surface area contributed by atoms with Crippen molar-refractivity contribution in [2.45, 2.75) is 45.3 Å². The molecule has 0 saturated carbocycles. The molecule has 4 rings (SSSR count). The number of piperidine rings is 1. The van der Waals surface area contributed by atoms with Crippen molar-refractivity contribution in [3.63, 3.8) is 0 Å². The molecule has 162 valence electrons. The molecule has 0 atom stereocenters. The van der Waals surface area contributed by atoms with Crippen LogP contribution in [0.4, 0.5) is 0 Å². The molecule has 6 heteroatoms. The highest BCUT2D eigenvalue weighted by Gasteiger charge is 2.26. The smallest absolute Gasteiger partial charge is 0.270 e. The van der Waals surface area contributed by atoms with Gasteiger partial charge in [0.1, 0.15) is 5.69 Å². The molecule has 3 N–H and O–H groups in total. The summed E-state index contributed by atoms with van der Waals surface area (Å²) < 4.78 is 2.05. The molecule has 0 bridgehead atoms. The SMILES string of the molecule is CC(C)NC1CCN(C(=O)c2cc3ccccc3n2Cc2cccc(C(N)=O)c2)CC1. The number of primary amides is 1. The average molecular weight is 419 g/mol. The van der Waals surface area contributed by atoms with Gasteiger partial charge in [0.2, 0.25) is 5.91 Å². The zero-order valence-electron chi connectivity index (χ0n) is 18.2. The van der Waals surface area contributed by atoms with Crippen LogP contribution in [0.3, 0.4) is 0 Å². The Kier molecular flexibility index (Phi) is 6.09. The number of nitrogens with one attached hydrogen (secondary N) is 1. The maximum atomic E-state index is 13.5. The Hall–Kier alpha value is -3.12. The van der Waals surface area contributed by atoms with Crippen molar-refractivity contribution in [1.82, 2.24) is 14.8 Å². The minimum absolute atomic E-state index is 0.0604. The molecule has 2 heterocycles. The van der Waals surface area contributed by atoms with Crippen LogP contribution in [0, 0.1) is 0 Å². The van der Waals surface area contributed by atoms with Gasteiger partial charge in [-0.2, -0.15) is 0 Å². The summed E-state index contributed by atoms with van der Waals surface area (Å²) >= 11 is 0. The van der Waals surface area contributed by atoms with E-state index in [0.29, 0.717) is 29.9 Å². The first kappa shape index (κ1) is 21.1. The molecule has 31 heavy (non-hydrogen) atoms. The van der Waals surface area contributed by atoms with E-state index in [1.807, 2.05) is 47.4 Å². The third kappa shape index (κ3) is 4.64. The van der Waals surface area contributed by atoms with E-state index in [2.05, 4.69) is 23.7 Å². The van der Waals surface area contributed by atoms with Gasteiger partial charge in [0, 0.05) is 48.2 Å². The van der Waals surface area contributed by atoms with Crippen LogP contribution in [-0.4, -0.2) is 46.5 Å². The Morgan fingerprint density at radius 1 is 1.06 bits per heavy atom. The predicted octanol–water partition coefficient (Wildman–Crippen LogP) is 3.39. The summed E-state index contributed by atoms with van der Waals surface area (Å²) in [6.07, 6.45) is 1.93. The molecule has 2 amide bonds. The third-order valence-electron chi connectivity index (χ3n) is 5.93. The fourth-order valence-corrected chi connectivity index (χ4v) is 4.45. The third-order valence-corrected chi connectivity index (χ3v) is 5.93. The highest BCUT2D eigenvalue weighted by Crippen LogP contribution is 2.24. The van der Waals surface area contributed by atoms with Crippen LogP contribution < -0.4 is 11.1 Å². The van der Waals surface area contributed by atoms with E-state index in [1.165, 1.54) is 0 Å². The fourth-order valence-electron chi connectivity index (χ4n) is 4.45. The van der Waals surface area contributed by atoms with Gasteiger partial charge >= 0.3 is 0 Å². The van der Waals surface area contributed by atoms with Crippen LogP contribution >= 0.6 is 0 Å². The molecule has 1 fully saturated rings. The number of para-hydroxylation sites is 1. The second-order valence-electron chi connectivity index (χ2n) is 8.63. The second kappa shape index (κ2) is 8.94. The van der Waals surface area contributed by atoms with Crippen LogP contribution in [0.25, 0.3) is 10.9 Å². The monoisotopic (exact) mass is 418 g/mol. The standard InChI is InChI=1S/C25H30N4O2/c1-17(2)27-21-10-12-28(13-11-21)25(31)23-15-19-7-3-4-9-22(19)29(23)16-18-6-5-8-20(14-18)24(26)30/h3-9,14-15,17,21,27H,10-13,16H2,1-2H3,(H2,26,30). The molecule has 0 aliphatic carbocycles. The van der Waals surface area contributed by atoms with Crippen molar-refractivity contribution >= 4 is 22.7 Å². The van der Waals surface area contributed by atoms with Gasteiger partial charge in [-0.3, -0.25) is 9.59 Å². The lowest BCUT2D eigenvalue weighted by atomic mass is 10.0. The van der Waals surface area contributed by atoms with E-state index in [4.69, 9.17) is 5.73 Å². The van der Waals surface area contributed by atoms with Crippen molar-refractivity contribution < 1.29 is 9.59 Å². The minimum Gasteiger partial charge on any atom is -0.366 e. The summed E-state index contributed by atoms with van der Waals surface area (Å²) in [5, 5.41) is 4.62. The molecule has 0 spiro atoms. The van der Waals surface area contributed by atoms with Crippen molar-refractivity contribution in [2.24, 2.45) is 5.73 Å². The van der Waals surface area contributed by atoms with Gasteiger partial charge in [-0.15, -0.1) is 0 Å². The van der Waals surface area contributed by atoms with Crippen LogP contribution in [0.5, 0.6) is 0 Å². The Morgan fingerprint density at radius 3 is 2.52 bits per heavy atom. The zero-order chi connectivity index (χ0) is 22.0. The number of benzene rings is 2. The molecule has 1 aromatic heterocycles. The lowest BCUT2D eigenvalue weighted by Crippen LogP contribution is -2.47. The lowest BCUT2D eigenvalue weighted by Gasteiger charge is -2.33. The maximum absolute atomic E-state index is 13.5. The van der Waals surface area contributed by atoms with E-state index >= 15 is 0 Å². The number of aromatic nitrogens is 1. The van der Waals surface area contributed by atoms with Gasteiger partial charge in [-0.1, -0.05) is 44.2 Å². The van der Waals surface area contributed by atoms with Gasteiger partial charge in [-0.25, -0.2) is 0 Å². The van der Waals surface area contributed by atoms with Gasteiger partial charge < -0.3 is 20.5 Å². The van der Waals surface area contributed by atoms with Gasteiger partial charge in [0.15, 0.2) is 0 Å². The molecule has 2 aromatic carbocycles. The van der Waals surface area contributed by atoms with Crippen LogP contribution in [-0.2, 0) is 6.54 Å². The quantitative estimate of drug-likeness (QED) is 0.644. The number of hydrogen-bond acceptors (Lipinski definition) is 3. The Morgan fingerprint density at radius 2 is 1.81 bits per heavy atom. The van der Waals surface area contributed by atoms with E-state index in [-0.39, 0.29) is 5.91 Å². The van der Waals surface area contributed by atoms with Crippen molar-refractivity contribution in [2.75, 3.05) is 13.1 Å². The summed E-state index contributed by atoms with van der Waals surface area (Å²) in [7, 11) is 0. The maximum Gasteiger partial charge on any atom is 0.270 e. The van der Waals surface area contributed by atoms with Crippen LogP contribution in [0.2, 0.25) is 0 Å². The van der Waals surface area contributed by atoms with E-state index < -0.39 is 5.91 Å². The largest absolute Gasteiger partial charge is 0.366 e. The second-order valence-corrected chi connectivity index (χ2v) is 8.63. The summed E-state index contributed by atoms with van der Waals surface area (Å²) in [6, 6.07) is 18.2. The number of carbonyl (C=O) groups is 2. The van der Waals surface area contributed by atoms with Gasteiger partial charge in [-0.05, 0) is 42.7 Å². The molecule has 0 unspecified atom stereocenters. The van der Waals surface area contributed by atoms with Crippen molar-refractivity contribution in [3.05, 3.63) is 71.4 Å². The number of nitrogens with two attached hydrogens (primary N) is 1. The minimum atomic E-state index is -0.451. The molecule has 0 radical (unpaired) electrons. The topological polar surface area (TPSA) is 80.4 Å². The molecule has 1 aliphatic rings. The van der Waals surface area contributed by atoms with E-state index in [0.717, 1.165) is 42.4 Å². The number of rotatable bonds is 6. The van der Waals surface area contributed by atoms with E-state index in [9.17, 15) is 9.59 Å². The van der Waals surface area contributed by atoms with Gasteiger partial charge in [0.05, 0.1) is 0 Å². The number of likely N-dealkylation sites (tertiary alicyclic amines) is 1. The summed E-state index contributed by atoms with van der Waals surface area (Å²) in [5.74, 6) is -0.390. The van der Waals surface area contributed by atoms with Crippen molar-refractivity contribution in [3.8, 4) is 0 Å².